The molecule has 1 amide bonds. The van der Waals surface area contributed by atoms with Crippen LogP contribution in [0.1, 0.15) is 6.92 Å². The average Bonchev–Trinajstić information content (AvgIpc) is 2.70. The molecule has 0 radical (unpaired) electrons. The third-order valence-corrected chi connectivity index (χ3v) is 2.44. The number of aliphatic hydroxyl groups is 1. The third-order valence-electron chi connectivity index (χ3n) is 2.44. The van der Waals surface area contributed by atoms with E-state index < -0.39 is 6.10 Å². The summed E-state index contributed by atoms with van der Waals surface area (Å²) in [6, 6.07) is 7.72. The Bertz CT molecular complexity index is 519. The molecule has 0 aliphatic rings. The fraction of sp³-hybridized carbons (Fsp3) is 0.333. The lowest BCUT2D eigenvalue weighted by atomic mass is 10.2. The van der Waals surface area contributed by atoms with Crippen molar-refractivity contribution in [2.24, 2.45) is 0 Å². The Morgan fingerprint density at radius 2 is 2.29 bits per heavy atom. The number of para-hydroxylation sites is 1. The van der Waals surface area contributed by atoms with Crippen molar-refractivity contribution in [3.8, 4) is 0 Å². The molecule has 2 aromatic rings. The van der Waals surface area contributed by atoms with E-state index in [1.807, 2.05) is 24.3 Å². The highest BCUT2D eigenvalue weighted by molar-refractivity contribution is 5.81. The van der Waals surface area contributed by atoms with Crippen LogP contribution in [0.5, 0.6) is 0 Å². The maximum Gasteiger partial charge on any atom is 0.241 e. The minimum Gasteiger partial charge on any atom is -0.392 e. The van der Waals surface area contributed by atoms with Gasteiger partial charge in [0.2, 0.25) is 5.91 Å². The van der Waals surface area contributed by atoms with E-state index in [-0.39, 0.29) is 19.0 Å². The van der Waals surface area contributed by atoms with E-state index in [4.69, 9.17) is 5.11 Å². The van der Waals surface area contributed by atoms with Crippen molar-refractivity contribution in [1.29, 1.82) is 0 Å². The quantitative estimate of drug-likeness (QED) is 0.809. The lowest BCUT2D eigenvalue weighted by molar-refractivity contribution is -0.122. The summed E-state index contributed by atoms with van der Waals surface area (Å²) in [5, 5.41) is 16.9. The van der Waals surface area contributed by atoms with Gasteiger partial charge in [-0.2, -0.15) is 5.10 Å². The van der Waals surface area contributed by atoms with Gasteiger partial charge in [-0.25, -0.2) is 0 Å². The van der Waals surface area contributed by atoms with Gasteiger partial charge in [0.15, 0.2) is 0 Å². The van der Waals surface area contributed by atoms with E-state index in [2.05, 4.69) is 10.4 Å². The molecule has 1 aromatic carbocycles. The molecule has 1 heterocycles. The molecule has 17 heavy (non-hydrogen) atoms. The van der Waals surface area contributed by atoms with E-state index in [9.17, 15) is 4.79 Å². The highest BCUT2D eigenvalue weighted by Crippen LogP contribution is 2.11. The number of carbonyl (C=O) groups is 1. The van der Waals surface area contributed by atoms with Crippen LogP contribution in [0.4, 0.5) is 0 Å². The topological polar surface area (TPSA) is 67.2 Å². The van der Waals surface area contributed by atoms with Crippen LogP contribution in [0.15, 0.2) is 30.5 Å². The highest BCUT2D eigenvalue weighted by atomic mass is 16.3. The normalized spacial score (nSPS) is 12.6. The minimum atomic E-state index is -0.534. The van der Waals surface area contributed by atoms with Crippen LogP contribution in [0.2, 0.25) is 0 Å². The monoisotopic (exact) mass is 233 g/mol. The van der Waals surface area contributed by atoms with Gasteiger partial charge in [0.1, 0.15) is 6.54 Å². The summed E-state index contributed by atoms with van der Waals surface area (Å²) in [5.74, 6) is -0.153. The number of benzene rings is 1. The molecule has 5 nitrogen and oxygen atoms in total. The lowest BCUT2D eigenvalue weighted by Gasteiger charge is -2.07. The zero-order chi connectivity index (χ0) is 12.3. The van der Waals surface area contributed by atoms with Crippen molar-refractivity contribution in [2.75, 3.05) is 6.54 Å². The number of aromatic nitrogens is 2. The van der Waals surface area contributed by atoms with Gasteiger partial charge in [0.25, 0.3) is 0 Å². The zero-order valence-corrected chi connectivity index (χ0v) is 9.63. The van der Waals surface area contributed by atoms with Gasteiger partial charge >= 0.3 is 0 Å². The molecule has 0 aliphatic carbocycles. The zero-order valence-electron chi connectivity index (χ0n) is 9.63. The maximum atomic E-state index is 11.6. The summed E-state index contributed by atoms with van der Waals surface area (Å²) in [6.07, 6.45) is 1.20. The van der Waals surface area contributed by atoms with Gasteiger partial charge < -0.3 is 10.4 Å². The molecule has 1 aromatic heterocycles. The Labute approximate surface area is 99.1 Å². The van der Waals surface area contributed by atoms with Crippen LogP contribution >= 0.6 is 0 Å². The van der Waals surface area contributed by atoms with Crippen molar-refractivity contribution in [3.63, 3.8) is 0 Å². The van der Waals surface area contributed by atoms with Crippen molar-refractivity contribution in [3.05, 3.63) is 30.5 Å². The van der Waals surface area contributed by atoms with Gasteiger partial charge in [-0.3, -0.25) is 9.48 Å². The van der Waals surface area contributed by atoms with Crippen LogP contribution in [-0.4, -0.2) is 33.4 Å². The number of rotatable bonds is 4. The summed E-state index contributed by atoms with van der Waals surface area (Å²) in [6.45, 7) is 2.06. The Morgan fingerprint density at radius 1 is 1.53 bits per heavy atom. The molecule has 0 saturated carbocycles. The number of amides is 1. The Balaban J connectivity index is 2.06. The number of aliphatic hydroxyl groups excluding tert-OH is 1. The maximum absolute atomic E-state index is 11.6. The predicted octanol–water partition coefficient (Wildman–Crippen LogP) is 0.533. The first-order chi connectivity index (χ1) is 8.16. The molecule has 90 valence electrons. The fourth-order valence-electron chi connectivity index (χ4n) is 1.61. The number of hydrogen-bond acceptors (Lipinski definition) is 3. The lowest BCUT2D eigenvalue weighted by Crippen LogP contribution is -2.33. The summed E-state index contributed by atoms with van der Waals surface area (Å²) >= 11 is 0. The molecule has 0 spiro atoms. The minimum absolute atomic E-state index is 0.153. The second-order valence-electron chi connectivity index (χ2n) is 4.01. The van der Waals surface area contributed by atoms with Gasteiger partial charge in [-0.1, -0.05) is 18.2 Å². The van der Waals surface area contributed by atoms with Crippen molar-refractivity contribution >= 4 is 16.8 Å². The second kappa shape index (κ2) is 4.97. The fourth-order valence-corrected chi connectivity index (χ4v) is 1.61. The van der Waals surface area contributed by atoms with Crippen molar-refractivity contribution < 1.29 is 9.90 Å². The molecule has 2 rings (SSSR count). The Kier molecular flexibility index (Phi) is 3.39. The second-order valence-corrected chi connectivity index (χ2v) is 4.01. The summed E-state index contributed by atoms with van der Waals surface area (Å²) < 4.78 is 1.65. The van der Waals surface area contributed by atoms with Crippen molar-refractivity contribution in [2.45, 2.75) is 19.6 Å². The SMILES string of the molecule is CC(O)CNC(=O)Cn1ncc2ccccc21. The summed E-state index contributed by atoms with van der Waals surface area (Å²) in [4.78, 5) is 11.6. The van der Waals surface area contributed by atoms with Gasteiger partial charge in [-0.05, 0) is 13.0 Å². The van der Waals surface area contributed by atoms with E-state index in [0.29, 0.717) is 0 Å². The molecule has 2 N–H and O–H groups in total. The van der Waals surface area contributed by atoms with E-state index >= 15 is 0 Å². The largest absolute Gasteiger partial charge is 0.392 e. The highest BCUT2D eigenvalue weighted by Gasteiger charge is 2.07. The third kappa shape index (κ3) is 2.82. The van der Waals surface area contributed by atoms with Crippen LogP contribution in [0, 0.1) is 0 Å². The van der Waals surface area contributed by atoms with Gasteiger partial charge in [0.05, 0.1) is 17.8 Å². The van der Waals surface area contributed by atoms with E-state index in [0.717, 1.165) is 10.9 Å². The Morgan fingerprint density at radius 3 is 3.06 bits per heavy atom. The first kappa shape index (κ1) is 11.6. The smallest absolute Gasteiger partial charge is 0.241 e. The molecule has 1 atom stereocenters. The number of hydrogen-bond donors (Lipinski definition) is 2. The molecule has 0 fully saturated rings. The molecule has 0 saturated heterocycles. The molecule has 0 bridgehead atoms. The van der Waals surface area contributed by atoms with Crippen LogP contribution < -0.4 is 5.32 Å². The van der Waals surface area contributed by atoms with E-state index in [1.165, 1.54) is 0 Å². The first-order valence-corrected chi connectivity index (χ1v) is 5.52. The summed E-state index contributed by atoms with van der Waals surface area (Å²) in [5.41, 5.74) is 0.930. The van der Waals surface area contributed by atoms with E-state index in [1.54, 1.807) is 17.8 Å². The average molecular weight is 233 g/mol. The number of nitrogens with one attached hydrogen (secondary N) is 1. The first-order valence-electron chi connectivity index (χ1n) is 5.52. The van der Waals surface area contributed by atoms with Crippen LogP contribution in [0.3, 0.4) is 0 Å². The predicted molar refractivity (Wildman–Crippen MR) is 64.4 cm³/mol. The summed E-state index contributed by atoms with van der Waals surface area (Å²) in [7, 11) is 0. The van der Waals surface area contributed by atoms with Crippen molar-refractivity contribution in [1.82, 2.24) is 15.1 Å². The number of fused-ring (bicyclic) bond motifs is 1. The molecule has 0 aliphatic heterocycles. The Hall–Kier alpha value is -1.88. The number of carbonyl (C=O) groups excluding carboxylic acids is 1. The molecular formula is C12H15N3O2. The molecule has 1 unspecified atom stereocenters. The van der Waals surface area contributed by atoms with Gasteiger partial charge in [-0.15, -0.1) is 0 Å². The van der Waals surface area contributed by atoms with Crippen LogP contribution in [-0.2, 0) is 11.3 Å². The standard InChI is InChI=1S/C12H15N3O2/c1-9(16)6-13-12(17)8-15-11-5-3-2-4-10(11)7-14-15/h2-5,7,9,16H,6,8H2,1H3,(H,13,17). The molecular weight excluding hydrogens is 218 g/mol. The van der Waals surface area contributed by atoms with Gasteiger partial charge in [0, 0.05) is 11.9 Å². The number of nitrogens with zero attached hydrogens (tertiary/aromatic N) is 2. The molecule has 5 heteroatoms. The van der Waals surface area contributed by atoms with Crippen LogP contribution in [0.25, 0.3) is 10.9 Å².